The first-order valence-corrected chi connectivity index (χ1v) is 9.41. The Morgan fingerprint density at radius 2 is 1.73 bits per heavy atom. The highest BCUT2D eigenvalue weighted by atomic mass is 32.2. The number of hydrogen-bond acceptors (Lipinski definition) is 4. The smallest absolute Gasteiger partial charge is 0.252 e. The highest BCUT2D eigenvalue weighted by molar-refractivity contribution is 7.89. The third-order valence-electron chi connectivity index (χ3n) is 4.19. The van der Waals surface area contributed by atoms with Gasteiger partial charge in [-0.25, -0.2) is 8.42 Å². The maximum Gasteiger partial charge on any atom is 0.252 e. The van der Waals surface area contributed by atoms with Crippen LogP contribution < -0.4 is 5.56 Å². The van der Waals surface area contributed by atoms with Crippen molar-refractivity contribution in [2.75, 3.05) is 7.05 Å². The van der Waals surface area contributed by atoms with Crippen molar-refractivity contribution in [2.45, 2.75) is 18.4 Å². The van der Waals surface area contributed by atoms with Gasteiger partial charge in [0.1, 0.15) is 0 Å². The number of rotatable bonds is 5. The van der Waals surface area contributed by atoms with Crippen molar-refractivity contribution in [3.8, 4) is 0 Å². The third kappa shape index (κ3) is 3.44. The van der Waals surface area contributed by atoms with Gasteiger partial charge < -0.3 is 4.98 Å². The van der Waals surface area contributed by atoms with Crippen molar-refractivity contribution < 1.29 is 13.2 Å². The number of nitrogens with zero attached hydrogens (tertiary/aromatic N) is 1. The van der Waals surface area contributed by atoms with Crippen molar-refractivity contribution in [1.29, 1.82) is 0 Å². The zero-order chi connectivity index (χ0) is 18.9. The number of H-pyrrole nitrogens is 1. The van der Waals surface area contributed by atoms with Gasteiger partial charge in [-0.1, -0.05) is 30.3 Å². The Bertz CT molecular complexity index is 1130. The number of sulfonamides is 1. The molecule has 0 unspecified atom stereocenters. The van der Waals surface area contributed by atoms with Crippen LogP contribution in [-0.4, -0.2) is 30.5 Å². The van der Waals surface area contributed by atoms with Gasteiger partial charge in [-0.2, -0.15) is 4.31 Å². The summed E-state index contributed by atoms with van der Waals surface area (Å²) >= 11 is 0. The number of para-hydroxylation sites is 1. The number of carbonyl (C=O) groups is 1. The zero-order valence-electron chi connectivity index (χ0n) is 14.4. The van der Waals surface area contributed by atoms with Crippen LogP contribution in [-0.2, 0) is 16.6 Å². The first-order valence-electron chi connectivity index (χ1n) is 7.97. The van der Waals surface area contributed by atoms with Crippen molar-refractivity contribution in [2.24, 2.45) is 0 Å². The fraction of sp³-hybridized carbons (Fsp3) is 0.158. The Labute approximate surface area is 151 Å². The zero-order valence-corrected chi connectivity index (χ0v) is 15.2. The van der Waals surface area contributed by atoms with Crippen molar-refractivity contribution >= 4 is 26.7 Å². The predicted molar refractivity (Wildman–Crippen MR) is 99.7 cm³/mol. The molecule has 134 valence electrons. The first-order chi connectivity index (χ1) is 12.3. The molecule has 0 fully saturated rings. The van der Waals surface area contributed by atoms with E-state index in [9.17, 15) is 18.0 Å². The largest absolute Gasteiger partial charge is 0.322 e. The van der Waals surface area contributed by atoms with E-state index in [1.54, 1.807) is 12.1 Å². The van der Waals surface area contributed by atoms with Crippen LogP contribution in [0, 0.1) is 0 Å². The summed E-state index contributed by atoms with van der Waals surface area (Å²) in [5, 5.41) is 0.832. The van der Waals surface area contributed by atoms with Crippen LogP contribution in [0.4, 0.5) is 0 Å². The van der Waals surface area contributed by atoms with Gasteiger partial charge in [-0.3, -0.25) is 9.59 Å². The maximum absolute atomic E-state index is 12.7. The molecule has 2 aromatic carbocycles. The van der Waals surface area contributed by atoms with Crippen LogP contribution in [0.3, 0.4) is 0 Å². The van der Waals surface area contributed by atoms with Gasteiger partial charge in [-0.15, -0.1) is 0 Å². The van der Waals surface area contributed by atoms with Crippen LogP contribution in [0.2, 0.25) is 0 Å². The number of aromatic amines is 1. The molecule has 0 saturated heterocycles. The van der Waals surface area contributed by atoms with E-state index in [0.29, 0.717) is 16.6 Å². The highest BCUT2D eigenvalue weighted by Gasteiger charge is 2.22. The fourth-order valence-corrected chi connectivity index (χ4v) is 3.83. The summed E-state index contributed by atoms with van der Waals surface area (Å²) in [4.78, 5) is 26.4. The number of nitrogens with one attached hydrogen (secondary N) is 1. The van der Waals surface area contributed by atoms with Crippen molar-refractivity contribution in [3.05, 3.63) is 76.1 Å². The summed E-state index contributed by atoms with van der Waals surface area (Å²) < 4.78 is 26.6. The molecule has 3 aromatic rings. The summed E-state index contributed by atoms with van der Waals surface area (Å²) in [6, 6.07) is 14.7. The van der Waals surface area contributed by atoms with Gasteiger partial charge in [0.2, 0.25) is 10.0 Å². The number of pyridine rings is 1. The fourth-order valence-electron chi connectivity index (χ4n) is 2.68. The topological polar surface area (TPSA) is 87.3 Å². The van der Waals surface area contributed by atoms with Gasteiger partial charge >= 0.3 is 0 Å². The second kappa shape index (κ2) is 6.86. The minimum atomic E-state index is -3.78. The Morgan fingerprint density at radius 3 is 2.38 bits per heavy atom. The number of aromatic nitrogens is 1. The molecular formula is C19H18N2O4S. The molecule has 26 heavy (non-hydrogen) atoms. The van der Waals surface area contributed by atoms with E-state index in [1.165, 1.54) is 38.2 Å². The molecule has 0 aliphatic carbocycles. The molecule has 0 amide bonds. The van der Waals surface area contributed by atoms with E-state index in [0.717, 1.165) is 9.69 Å². The number of benzene rings is 2. The summed E-state index contributed by atoms with van der Waals surface area (Å²) in [6.07, 6.45) is 0. The van der Waals surface area contributed by atoms with Crippen LogP contribution in [0.5, 0.6) is 0 Å². The molecule has 3 rings (SSSR count). The summed E-state index contributed by atoms with van der Waals surface area (Å²) in [5.41, 5.74) is 1.18. The van der Waals surface area contributed by atoms with E-state index < -0.39 is 10.0 Å². The van der Waals surface area contributed by atoms with Crippen LogP contribution in [0.1, 0.15) is 22.8 Å². The molecule has 1 aromatic heterocycles. The highest BCUT2D eigenvalue weighted by Crippen LogP contribution is 2.18. The number of fused-ring (bicyclic) bond motifs is 1. The lowest BCUT2D eigenvalue weighted by Crippen LogP contribution is -2.29. The number of hydrogen-bond donors (Lipinski definition) is 1. The molecule has 6 nitrogen and oxygen atoms in total. The molecule has 0 aliphatic heterocycles. The normalized spacial score (nSPS) is 11.8. The van der Waals surface area contributed by atoms with E-state index in [4.69, 9.17) is 0 Å². The van der Waals surface area contributed by atoms with E-state index in [-0.39, 0.29) is 22.8 Å². The van der Waals surface area contributed by atoms with Gasteiger partial charge in [0, 0.05) is 30.2 Å². The molecule has 1 heterocycles. The van der Waals surface area contributed by atoms with Crippen LogP contribution in [0.15, 0.2) is 64.3 Å². The van der Waals surface area contributed by atoms with E-state index in [1.807, 2.05) is 18.2 Å². The first kappa shape index (κ1) is 18.0. The standard InChI is InChI=1S/C19H18N2O4S/c1-13(22)14-7-9-17(10-8-14)26(24,25)21(2)12-16-11-15-5-3-4-6-18(15)20-19(16)23/h3-11H,12H2,1-2H3,(H,20,23). The van der Waals surface area contributed by atoms with Gasteiger partial charge in [-0.05, 0) is 36.6 Å². The number of carbonyl (C=O) groups excluding carboxylic acids is 1. The predicted octanol–water partition coefficient (Wildman–Crippen LogP) is 2.55. The van der Waals surface area contributed by atoms with E-state index in [2.05, 4.69) is 4.98 Å². The Kier molecular flexibility index (Phi) is 4.76. The summed E-state index contributed by atoms with van der Waals surface area (Å²) in [6.45, 7) is 1.36. The Balaban J connectivity index is 1.91. The van der Waals surface area contributed by atoms with Crippen molar-refractivity contribution in [1.82, 2.24) is 9.29 Å². The lowest BCUT2D eigenvalue weighted by molar-refractivity contribution is 0.101. The summed E-state index contributed by atoms with van der Waals surface area (Å²) in [5.74, 6) is -0.134. The quantitative estimate of drug-likeness (QED) is 0.699. The second-order valence-corrected chi connectivity index (χ2v) is 8.10. The van der Waals surface area contributed by atoms with Gasteiger partial charge in [0.05, 0.1) is 4.90 Å². The molecule has 0 atom stereocenters. The minimum Gasteiger partial charge on any atom is -0.322 e. The average molecular weight is 370 g/mol. The van der Waals surface area contributed by atoms with E-state index >= 15 is 0 Å². The third-order valence-corrected chi connectivity index (χ3v) is 6.01. The SMILES string of the molecule is CC(=O)c1ccc(S(=O)(=O)N(C)Cc2cc3ccccc3[nH]c2=O)cc1. The average Bonchev–Trinajstić information content (AvgIpc) is 2.62. The minimum absolute atomic E-state index is 0.0586. The van der Waals surface area contributed by atoms with Crippen LogP contribution in [0.25, 0.3) is 10.9 Å². The number of Topliss-reactive ketones (excluding diaryl/α,β-unsaturated/α-hetero) is 1. The molecule has 1 N–H and O–H groups in total. The van der Waals surface area contributed by atoms with Crippen molar-refractivity contribution in [3.63, 3.8) is 0 Å². The second-order valence-electron chi connectivity index (χ2n) is 6.05. The Hall–Kier alpha value is -2.77. The van der Waals surface area contributed by atoms with Gasteiger partial charge in [0.25, 0.3) is 5.56 Å². The molecule has 0 aliphatic rings. The molecular weight excluding hydrogens is 352 g/mol. The number of ketones is 1. The molecule has 0 spiro atoms. The lowest BCUT2D eigenvalue weighted by atomic mass is 10.1. The molecule has 0 bridgehead atoms. The Morgan fingerprint density at radius 1 is 1.08 bits per heavy atom. The maximum atomic E-state index is 12.7. The molecule has 0 saturated carbocycles. The van der Waals surface area contributed by atoms with Gasteiger partial charge in [0.15, 0.2) is 5.78 Å². The van der Waals surface area contributed by atoms with Crippen LogP contribution >= 0.6 is 0 Å². The monoisotopic (exact) mass is 370 g/mol. The summed E-state index contributed by atoms with van der Waals surface area (Å²) in [7, 11) is -2.36. The molecule has 0 radical (unpaired) electrons. The molecule has 7 heteroatoms. The lowest BCUT2D eigenvalue weighted by Gasteiger charge is -2.17.